The summed E-state index contributed by atoms with van der Waals surface area (Å²) in [7, 11) is 0. The van der Waals surface area contributed by atoms with Crippen LogP contribution in [0.2, 0.25) is 5.02 Å². The minimum Gasteiger partial charge on any atom is -0.289 e. The normalized spacial score (nSPS) is 10.6. The van der Waals surface area contributed by atoms with Crippen molar-refractivity contribution in [3.05, 3.63) is 70.9 Å². The van der Waals surface area contributed by atoms with Crippen LogP contribution in [0.1, 0.15) is 15.9 Å². The topological polar surface area (TPSA) is 42.9 Å². The lowest BCUT2D eigenvalue weighted by Gasteiger charge is -2.04. The molecular weight excluding hydrogens is 260 g/mol. The number of rotatable bonds is 2. The molecule has 0 N–H and O–H groups in total. The lowest BCUT2D eigenvalue weighted by molar-refractivity contribution is 0.104. The van der Waals surface area contributed by atoms with E-state index < -0.39 is 0 Å². The Morgan fingerprint density at radius 3 is 2.53 bits per heavy atom. The molecule has 3 nitrogen and oxygen atoms in total. The molecule has 0 unspecified atom stereocenters. The summed E-state index contributed by atoms with van der Waals surface area (Å²) in [4.78, 5) is 12.5. The van der Waals surface area contributed by atoms with E-state index in [-0.39, 0.29) is 5.78 Å². The maximum Gasteiger partial charge on any atom is 0.195 e. The second-order valence-corrected chi connectivity index (χ2v) is 4.55. The Labute approximate surface area is 114 Å². The Morgan fingerprint density at radius 2 is 1.74 bits per heavy atom. The van der Waals surface area contributed by atoms with Gasteiger partial charge in [0.2, 0.25) is 0 Å². The summed E-state index contributed by atoms with van der Waals surface area (Å²) >= 11 is 5.82. The number of hydrogen-bond acceptors (Lipinski definition) is 3. The monoisotopic (exact) mass is 268 g/mol. The van der Waals surface area contributed by atoms with Gasteiger partial charge in [0.05, 0.1) is 17.3 Å². The van der Waals surface area contributed by atoms with Crippen molar-refractivity contribution in [1.82, 2.24) is 10.2 Å². The number of benzene rings is 2. The first-order chi connectivity index (χ1) is 9.25. The SMILES string of the molecule is O=C(c1ccc(Cl)cc1)c1cnnc2ccccc12. The summed E-state index contributed by atoms with van der Waals surface area (Å²) in [6.45, 7) is 0. The second kappa shape index (κ2) is 4.78. The maximum atomic E-state index is 12.5. The highest BCUT2D eigenvalue weighted by Gasteiger charge is 2.13. The van der Waals surface area contributed by atoms with Crippen LogP contribution in [0.3, 0.4) is 0 Å². The number of aromatic nitrogens is 2. The molecule has 0 amide bonds. The van der Waals surface area contributed by atoms with E-state index in [9.17, 15) is 4.79 Å². The first-order valence-corrected chi connectivity index (χ1v) is 6.14. The zero-order chi connectivity index (χ0) is 13.2. The minimum absolute atomic E-state index is 0.0808. The third kappa shape index (κ3) is 2.20. The smallest absolute Gasteiger partial charge is 0.195 e. The Morgan fingerprint density at radius 1 is 1.00 bits per heavy atom. The predicted octanol–water partition coefficient (Wildman–Crippen LogP) is 3.51. The lowest BCUT2D eigenvalue weighted by atomic mass is 10.0. The van der Waals surface area contributed by atoms with Gasteiger partial charge in [-0.05, 0) is 30.3 Å². The number of carbonyl (C=O) groups is 1. The number of ketones is 1. The highest BCUT2D eigenvalue weighted by atomic mass is 35.5. The Kier molecular flexibility index (Phi) is 2.97. The minimum atomic E-state index is -0.0808. The van der Waals surface area contributed by atoms with Crippen molar-refractivity contribution < 1.29 is 4.79 Å². The molecule has 0 spiro atoms. The van der Waals surface area contributed by atoms with E-state index in [0.29, 0.717) is 21.7 Å². The van der Waals surface area contributed by atoms with Crippen LogP contribution in [0.5, 0.6) is 0 Å². The van der Waals surface area contributed by atoms with E-state index >= 15 is 0 Å². The molecule has 3 rings (SSSR count). The van der Waals surface area contributed by atoms with Gasteiger partial charge in [-0.3, -0.25) is 4.79 Å². The van der Waals surface area contributed by atoms with Crippen LogP contribution in [-0.2, 0) is 0 Å². The molecule has 0 aliphatic carbocycles. The van der Waals surface area contributed by atoms with Crippen LogP contribution in [0.4, 0.5) is 0 Å². The van der Waals surface area contributed by atoms with Gasteiger partial charge in [-0.15, -0.1) is 0 Å². The second-order valence-electron chi connectivity index (χ2n) is 4.11. The summed E-state index contributed by atoms with van der Waals surface area (Å²) in [5.41, 5.74) is 1.85. The molecule has 0 atom stereocenters. The van der Waals surface area contributed by atoms with E-state index in [0.717, 1.165) is 5.39 Å². The fraction of sp³-hybridized carbons (Fsp3) is 0. The third-order valence-corrected chi connectivity index (χ3v) is 3.15. The van der Waals surface area contributed by atoms with Crippen molar-refractivity contribution in [1.29, 1.82) is 0 Å². The van der Waals surface area contributed by atoms with Gasteiger partial charge in [0, 0.05) is 16.0 Å². The fourth-order valence-corrected chi connectivity index (χ4v) is 2.07. The number of hydrogen-bond donors (Lipinski definition) is 0. The van der Waals surface area contributed by atoms with Crippen molar-refractivity contribution in [3.8, 4) is 0 Å². The van der Waals surface area contributed by atoms with Crippen LogP contribution < -0.4 is 0 Å². The van der Waals surface area contributed by atoms with Crippen LogP contribution in [0, 0.1) is 0 Å². The summed E-state index contributed by atoms with van der Waals surface area (Å²) in [5, 5.41) is 9.30. The van der Waals surface area contributed by atoms with E-state index in [1.165, 1.54) is 6.20 Å². The summed E-state index contributed by atoms with van der Waals surface area (Å²) in [6, 6.07) is 14.3. The molecule has 0 fully saturated rings. The van der Waals surface area contributed by atoms with Gasteiger partial charge in [-0.2, -0.15) is 10.2 Å². The third-order valence-electron chi connectivity index (χ3n) is 2.90. The Bertz CT molecular complexity index is 748. The van der Waals surface area contributed by atoms with Crippen molar-refractivity contribution in [2.24, 2.45) is 0 Å². The number of halogens is 1. The lowest BCUT2D eigenvalue weighted by Crippen LogP contribution is -2.03. The summed E-state index contributed by atoms with van der Waals surface area (Å²) in [5.74, 6) is -0.0808. The molecule has 0 saturated heterocycles. The van der Waals surface area contributed by atoms with E-state index in [1.807, 2.05) is 24.3 Å². The van der Waals surface area contributed by atoms with Gasteiger partial charge < -0.3 is 0 Å². The predicted molar refractivity (Wildman–Crippen MR) is 74.4 cm³/mol. The fourth-order valence-electron chi connectivity index (χ4n) is 1.94. The largest absolute Gasteiger partial charge is 0.289 e. The standard InChI is InChI=1S/C15H9ClN2O/c16-11-7-5-10(6-8-11)15(19)13-9-17-18-14-4-2-1-3-12(13)14/h1-9H. The zero-order valence-corrected chi connectivity index (χ0v) is 10.6. The van der Waals surface area contributed by atoms with Crippen molar-refractivity contribution >= 4 is 28.3 Å². The maximum absolute atomic E-state index is 12.5. The van der Waals surface area contributed by atoms with E-state index in [4.69, 9.17) is 11.6 Å². The number of fused-ring (bicyclic) bond motifs is 1. The molecule has 0 bridgehead atoms. The molecule has 1 heterocycles. The van der Waals surface area contributed by atoms with E-state index in [1.54, 1.807) is 24.3 Å². The van der Waals surface area contributed by atoms with Gasteiger partial charge in [-0.25, -0.2) is 0 Å². The van der Waals surface area contributed by atoms with Crippen LogP contribution >= 0.6 is 11.6 Å². The van der Waals surface area contributed by atoms with Crippen molar-refractivity contribution in [3.63, 3.8) is 0 Å². The summed E-state index contributed by atoms with van der Waals surface area (Å²) < 4.78 is 0. The van der Waals surface area contributed by atoms with Crippen molar-refractivity contribution in [2.75, 3.05) is 0 Å². The molecule has 3 aromatic rings. The van der Waals surface area contributed by atoms with Crippen LogP contribution in [-0.4, -0.2) is 16.0 Å². The van der Waals surface area contributed by atoms with Crippen molar-refractivity contribution in [2.45, 2.75) is 0 Å². The summed E-state index contributed by atoms with van der Waals surface area (Å²) in [6.07, 6.45) is 1.50. The molecule has 0 saturated carbocycles. The van der Waals surface area contributed by atoms with Crippen LogP contribution in [0.25, 0.3) is 10.9 Å². The van der Waals surface area contributed by atoms with Gasteiger partial charge in [-0.1, -0.05) is 29.8 Å². The highest BCUT2D eigenvalue weighted by Crippen LogP contribution is 2.19. The number of carbonyl (C=O) groups excluding carboxylic acids is 1. The average Bonchev–Trinajstić information content (AvgIpc) is 2.47. The van der Waals surface area contributed by atoms with Gasteiger partial charge >= 0.3 is 0 Å². The van der Waals surface area contributed by atoms with Crippen LogP contribution in [0.15, 0.2) is 54.7 Å². The van der Waals surface area contributed by atoms with Gasteiger partial charge in [0.15, 0.2) is 5.78 Å². The highest BCUT2D eigenvalue weighted by molar-refractivity contribution is 6.30. The Hall–Kier alpha value is -2.26. The molecule has 2 aromatic carbocycles. The van der Waals surface area contributed by atoms with E-state index in [2.05, 4.69) is 10.2 Å². The molecule has 19 heavy (non-hydrogen) atoms. The van der Waals surface area contributed by atoms with Gasteiger partial charge in [0.1, 0.15) is 0 Å². The molecule has 1 aromatic heterocycles. The molecule has 4 heteroatoms. The first kappa shape index (κ1) is 11.8. The van der Waals surface area contributed by atoms with Gasteiger partial charge in [0.25, 0.3) is 0 Å². The molecular formula is C15H9ClN2O. The quantitative estimate of drug-likeness (QED) is 0.668. The molecule has 0 aliphatic heterocycles. The number of nitrogens with zero attached hydrogens (tertiary/aromatic N) is 2. The molecule has 0 radical (unpaired) electrons. The zero-order valence-electron chi connectivity index (χ0n) is 9.88. The average molecular weight is 269 g/mol. The first-order valence-electron chi connectivity index (χ1n) is 5.76. The Balaban J connectivity index is 2.14. The molecule has 92 valence electrons. The molecule has 0 aliphatic rings.